The monoisotopic (exact) mass is 401 g/mol. The molecule has 152 valence electrons. The van der Waals surface area contributed by atoms with Crippen molar-refractivity contribution in [1.29, 1.82) is 0 Å². The van der Waals surface area contributed by atoms with Crippen molar-refractivity contribution < 1.29 is 4.74 Å². The van der Waals surface area contributed by atoms with Gasteiger partial charge in [-0.2, -0.15) is 5.10 Å². The largest absolute Gasteiger partial charge is 0.457 e. The zero-order valence-electron chi connectivity index (χ0n) is 16.9. The van der Waals surface area contributed by atoms with E-state index in [1.54, 1.807) is 40.1 Å². The fraction of sp³-hybridized carbons (Fsp3) is 0.304. The lowest BCUT2D eigenvalue weighted by atomic mass is 10.1. The highest BCUT2D eigenvalue weighted by atomic mass is 16.5. The van der Waals surface area contributed by atoms with E-state index in [1.807, 2.05) is 31.4 Å². The van der Waals surface area contributed by atoms with E-state index in [0.717, 1.165) is 17.8 Å². The van der Waals surface area contributed by atoms with E-state index >= 15 is 0 Å². The summed E-state index contributed by atoms with van der Waals surface area (Å²) in [5.41, 5.74) is 2.37. The Hall–Kier alpha value is -3.48. The molecule has 0 amide bonds. The van der Waals surface area contributed by atoms with Gasteiger partial charge in [-0.1, -0.05) is 12.8 Å². The third-order valence-electron chi connectivity index (χ3n) is 5.69. The van der Waals surface area contributed by atoms with Gasteiger partial charge < -0.3 is 4.74 Å². The molecule has 0 spiro atoms. The van der Waals surface area contributed by atoms with Crippen molar-refractivity contribution in [3.05, 3.63) is 65.6 Å². The summed E-state index contributed by atoms with van der Waals surface area (Å²) in [5.74, 6) is 1.82. The van der Waals surface area contributed by atoms with Crippen molar-refractivity contribution in [2.75, 3.05) is 0 Å². The zero-order chi connectivity index (χ0) is 20.5. The summed E-state index contributed by atoms with van der Waals surface area (Å²) in [6.07, 6.45) is 11.9. The Morgan fingerprint density at radius 2 is 1.93 bits per heavy atom. The van der Waals surface area contributed by atoms with Gasteiger partial charge in [-0.3, -0.25) is 19.0 Å². The van der Waals surface area contributed by atoms with Gasteiger partial charge in [0.05, 0.1) is 29.1 Å². The summed E-state index contributed by atoms with van der Waals surface area (Å²) < 4.78 is 9.52. The van der Waals surface area contributed by atoms with E-state index in [-0.39, 0.29) is 5.56 Å². The van der Waals surface area contributed by atoms with Gasteiger partial charge in [0.2, 0.25) is 0 Å². The fourth-order valence-electron chi connectivity index (χ4n) is 4.12. The van der Waals surface area contributed by atoms with Gasteiger partial charge in [-0.05, 0) is 43.0 Å². The van der Waals surface area contributed by atoms with E-state index in [2.05, 4.69) is 15.1 Å². The van der Waals surface area contributed by atoms with Crippen LogP contribution < -0.4 is 10.3 Å². The van der Waals surface area contributed by atoms with E-state index in [0.29, 0.717) is 28.3 Å². The minimum Gasteiger partial charge on any atom is -0.457 e. The number of pyridine rings is 1. The molecule has 0 atom stereocenters. The van der Waals surface area contributed by atoms with Crippen LogP contribution in [0.3, 0.4) is 0 Å². The van der Waals surface area contributed by atoms with Crippen molar-refractivity contribution >= 4 is 10.9 Å². The van der Waals surface area contributed by atoms with Crippen molar-refractivity contribution in [3.63, 3.8) is 0 Å². The third-order valence-corrected chi connectivity index (χ3v) is 5.69. The molecule has 0 saturated heterocycles. The summed E-state index contributed by atoms with van der Waals surface area (Å²) in [6, 6.07) is 9.10. The van der Waals surface area contributed by atoms with Crippen molar-refractivity contribution in [3.8, 4) is 22.8 Å². The highest BCUT2D eigenvalue weighted by Gasteiger charge is 2.17. The molecule has 4 aromatic rings. The molecule has 0 unspecified atom stereocenters. The molecule has 7 heteroatoms. The van der Waals surface area contributed by atoms with Crippen LogP contribution in [0.4, 0.5) is 0 Å². The van der Waals surface area contributed by atoms with Crippen LogP contribution in [0.1, 0.15) is 25.7 Å². The molecule has 0 bridgehead atoms. The van der Waals surface area contributed by atoms with E-state index in [4.69, 9.17) is 4.74 Å². The van der Waals surface area contributed by atoms with Crippen LogP contribution >= 0.6 is 0 Å². The SMILES string of the molecule is Cn1cc(-c2cc(Oc3ccc4ncn(CC5CCCC5)c(=O)c4c3)ccn2)cn1. The first-order valence-corrected chi connectivity index (χ1v) is 10.3. The standard InChI is InChI=1S/C23H23N5O2/c1-27-14-17(12-26-27)22-11-19(8-9-24-22)30-18-6-7-21-20(10-18)23(29)28(15-25-21)13-16-4-2-3-5-16/h6-12,14-16H,2-5,13H2,1H3. The first-order chi connectivity index (χ1) is 14.7. The molecular formula is C23H23N5O2. The van der Waals surface area contributed by atoms with Gasteiger partial charge in [0, 0.05) is 37.6 Å². The first kappa shape index (κ1) is 18.5. The lowest BCUT2D eigenvalue weighted by Crippen LogP contribution is -2.23. The Morgan fingerprint density at radius 1 is 1.10 bits per heavy atom. The molecule has 7 nitrogen and oxygen atoms in total. The number of nitrogens with zero attached hydrogens (tertiary/aromatic N) is 5. The Balaban J connectivity index is 1.43. The lowest BCUT2D eigenvalue weighted by Gasteiger charge is -2.12. The fourth-order valence-corrected chi connectivity index (χ4v) is 4.12. The Morgan fingerprint density at radius 3 is 2.73 bits per heavy atom. The highest BCUT2D eigenvalue weighted by Crippen LogP contribution is 2.28. The number of aryl methyl sites for hydroxylation is 1. The van der Waals surface area contributed by atoms with E-state index in [1.165, 1.54) is 25.7 Å². The van der Waals surface area contributed by atoms with E-state index < -0.39 is 0 Å². The molecule has 1 fully saturated rings. The number of hydrogen-bond acceptors (Lipinski definition) is 5. The summed E-state index contributed by atoms with van der Waals surface area (Å²) in [6.45, 7) is 0.742. The van der Waals surface area contributed by atoms with Gasteiger partial charge in [0.1, 0.15) is 11.5 Å². The highest BCUT2D eigenvalue weighted by molar-refractivity contribution is 5.79. The average molecular weight is 401 g/mol. The van der Waals surface area contributed by atoms with Gasteiger partial charge in [0.15, 0.2) is 0 Å². The first-order valence-electron chi connectivity index (χ1n) is 10.3. The molecule has 1 aliphatic carbocycles. The minimum absolute atomic E-state index is 0.0110. The average Bonchev–Trinajstić information content (AvgIpc) is 3.42. The predicted octanol–water partition coefficient (Wildman–Crippen LogP) is 4.17. The number of fused-ring (bicyclic) bond motifs is 1. The van der Waals surface area contributed by atoms with Crippen molar-refractivity contribution in [2.45, 2.75) is 32.2 Å². The number of rotatable bonds is 5. The maximum Gasteiger partial charge on any atom is 0.261 e. The smallest absolute Gasteiger partial charge is 0.261 e. The van der Waals surface area contributed by atoms with Gasteiger partial charge >= 0.3 is 0 Å². The number of aromatic nitrogens is 5. The summed E-state index contributed by atoms with van der Waals surface area (Å²) in [7, 11) is 1.87. The van der Waals surface area contributed by atoms with Crippen molar-refractivity contribution in [1.82, 2.24) is 24.3 Å². The molecule has 1 aliphatic rings. The van der Waals surface area contributed by atoms with E-state index in [9.17, 15) is 4.79 Å². The van der Waals surface area contributed by atoms with Crippen LogP contribution in [-0.2, 0) is 13.6 Å². The lowest BCUT2D eigenvalue weighted by molar-refractivity contribution is 0.447. The number of ether oxygens (including phenoxy) is 1. The van der Waals surface area contributed by atoms with Crippen LogP contribution in [0.5, 0.6) is 11.5 Å². The van der Waals surface area contributed by atoms with Crippen LogP contribution in [0.2, 0.25) is 0 Å². The molecule has 0 N–H and O–H groups in total. The molecule has 5 rings (SSSR count). The van der Waals surface area contributed by atoms with Crippen LogP contribution in [0.15, 0.2) is 60.0 Å². The van der Waals surface area contributed by atoms with Crippen LogP contribution in [-0.4, -0.2) is 24.3 Å². The van der Waals surface area contributed by atoms with Gasteiger partial charge in [-0.25, -0.2) is 4.98 Å². The quantitative estimate of drug-likeness (QED) is 0.502. The summed E-state index contributed by atoms with van der Waals surface area (Å²) in [4.78, 5) is 21.9. The maximum atomic E-state index is 13.0. The van der Waals surface area contributed by atoms with Crippen LogP contribution in [0, 0.1) is 5.92 Å². The molecule has 0 aliphatic heterocycles. The molecular weight excluding hydrogens is 378 g/mol. The topological polar surface area (TPSA) is 74.8 Å². The molecule has 1 aromatic carbocycles. The molecule has 3 heterocycles. The number of benzene rings is 1. The normalized spacial score (nSPS) is 14.4. The molecule has 1 saturated carbocycles. The second-order valence-corrected chi connectivity index (χ2v) is 7.91. The number of hydrogen-bond donors (Lipinski definition) is 0. The molecule has 3 aromatic heterocycles. The Bertz CT molecular complexity index is 1250. The Labute approximate surface area is 174 Å². The second kappa shape index (κ2) is 7.74. The maximum absolute atomic E-state index is 13.0. The third kappa shape index (κ3) is 3.70. The summed E-state index contributed by atoms with van der Waals surface area (Å²) >= 11 is 0. The van der Waals surface area contributed by atoms with Crippen LogP contribution in [0.25, 0.3) is 22.2 Å². The predicted molar refractivity (Wildman–Crippen MR) is 114 cm³/mol. The molecule has 0 radical (unpaired) electrons. The van der Waals surface area contributed by atoms with Gasteiger partial charge in [0.25, 0.3) is 5.56 Å². The second-order valence-electron chi connectivity index (χ2n) is 7.91. The summed E-state index contributed by atoms with van der Waals surface area (Å²) in [5, 5.41) is 4.77. The molecule has 30 heavy (non-hydrogen) atoms. The Kier molecular flexibility index (Phi) is 4.78. The zero-order valence-corrected chi connectivity index (χ0v) is 16.9. The van der Waals surface area contributed by atoms with Gasteiger partial charge in [-0.15, -0.1) is 0 Å². The minimum atomic E-state index is -0.0110. The van der Waals surface area contributed by atoms with Crippen molar-refractivity contribution in [2.24, 2.45) is 13.0 Å².